The van der Waals surface area contributed by atoms with E-state index in [1.807, 2.05) is 6.26 Å². The van der Waals surface area contributed by atoms with Gasteiger partial charge >= 0.3 is 5.97 Å². The van der Waals surface area contributed by atoms with Crippen LogP contribution in [0.2, 0.25) is 0 Å². The Morgan fingerprint density at radius 2 is 2.25 bits per heavy atom. The number of esters is 1. The molecule has 9 heteroatoms. The van der Waals surface area contributed by atoms with Gasteiger partial charge in [-0.2, -0.15) is 0 Å². The van der Waals surface area contributed by atoms with Crippen LogP contribution in [0.4, 0.5) is 10.2 Å². The van der Waals surface area contributed by atoms with Gasteiger partial charge in [-0.1, -0.05) is 11.8 Å². The number of benzene rings is 1. The lowest BCUT2D eigenvalue weighted by molar-refractivity contribution is 0.0600. The number of fused-ring (bicyclic) bond motifs is 1. The highest BCUT2D eigenvalue weighted by atomic mass is 32.2. The number of thiazole rings is 1. The van der Waals surface area contributed by atoms with Gasteiger partial charge in [0.05, 0.1) is 12.7 Å². The third kappa shape index (κ3) is 3.31. The smallest absolute Gasteiger partial charge is 0.337 e. The topological polar surface area (TPSA) is 77.0 Å². The number of hydrogen-bond acceptors (Lipinski definition) is 8. The number of anilines is 1. The van der Waals surface area contributed by atoms with Crippen molar-refractivity contribution in [1.82, 2.24) is 15.0 Å². The van der Waals surface area contributed by atoms with Crippen molar-refractivity contribution in [3.8, 4) is 0 Å². The van der Waals surface area contributed by atoms with Gasteiger partial charge in [-0.25, -0.2) is 24.1 Å². The van der Waals surface area contributed by atoms with Crippen molar-refractivity contribution in [2.24, 2.45) is 0 Å². The lowest BCUT2D eigenvalue weighted by Gasteiger charge is -2.08. The third-order valence-corrected chi connectivity index (χ3v) is 5.30. The molecule has 0 atom stereocenters. The molecule has 124 valence electrons. The van der Waals surface area contributed by atoms with Crippen LogP contribution in [0.5, 0.6) is 0 Å². The Kier molecular flexibility index (Phi) is 4.91. The SMILES string of the molecule is COC(=O)c1ccc(F)c(CNc2ncnc3nc(SC)sc23)c1. The van der Waals surface area contributed by atoms with Gasteiger partial charge in [0, 0.05) is 12.1 Å². The number of methoxy groups -OCH3 is 1. The van der Waals surface area contributed by atoms with Gasteiger partial charge in [0.2, 0.25) is 0 Å². The van der Waals surface area contributed by atoms with E-state index in [-0.39, 0.29) is 6.54 Å². The van der Waals surface area contributed by atoms with E-state index in [1.54, 1.807) is 0 Å². The van der Waals surface area contributed by atoms with Crippen LogP contribution < -0.4 is 5.32 Å². The van der Waals surface area contributed by atoms with Gasteiger partial charge in [-0.15, -0.1) is 11.3 Å². The summed E-state index contributed by atoms with van der Waals surface area (Å²) in [6, 6.07) is 4.10. The summed E-state index contributed by atoms with van der Waals surface area (Å²) in [4.78, 5) is 24.3. The van der Waals surface area contributed by atoms with Gasteiger partial charge in [0.25, 0.3) is 0 Å². The summed E-state index contributed by atoms with van der Waals surface area (Å²) in [5, 5.41) is 3.08. The Balaban J connectivity index is 1.86. The van der Waals surface area contributed by atoms with E-state index in [2.05, 4.69) is 25.0 Å². The number of carbonyl (C=O) groups is 1. The predicted molar refractivity (Wildman–Crippen MR) is 92.1 cm³/mol. The molecule has 0 aliphatic heterocycles. The zero-order valence-corrected chi connectivity index (χ0v) is 14.5. The maximum atomic E-state index is 14.0. The van der Waals surface area contributed by atoms with Gasteiger partial charge in [0.15, 0.2) is 9.99 Å². The van der Waals surface area contributed by atoms with Crippen LogP contribution in [-0.4, -0.2) is 34.3 Å². The summed E-state index contributed by atoms with van der Waals surface area (Å²) >= 11 is 3.00. The second-order valence-corrected chi connectivity index (χ2v) is 6.76. The highest BCUT2D eigenvalue weighted by molar-refractivity contribution is 8.00. The maximum Gasteiger partial charge on any atom is 0.337 e. The van der Waals surface area contributed by atoms with E-state index >= 15 is 0 Å². The molecule has 0 radical (unpaired) electrons. The van der Waals surface area contributed by atoms with Crippen LogP contribution in [0.1, 0.15) is 15.9 Å². The van der Waals surface area contributed by atoms with Gasteiger partial charge in [-0.3, -0.25) is 0 Å². The number of aromatic nitrogens is 3. The first-order valence-corrected chi connectivity index (χ1v) is 8.92. The summed E-state index contributed by atoms with van der Waals surface area (Å²) in [7, 11) is 1.29. The van der Waals surface area contributed by atoms with Gasteiger partial charge in [0.1, 0.15) is 22.7 Å². The third-order valence-electron chi connectivity index (χ3n) is 3.26. The second-order valence-electron chi connectivity index (χ2n) is 4.71. The normalized spacial score (nSPS) is 10.8. The van der Waals surface area contributed by atoms with Crippen molar-refractivity contribution in [3.05, 3.63) is 41.5 Å². The fourth-order valence-electron chi connectivity index (χ4n) is 2.08. The molecule has 3 rings (SSSR count). The molecule has 0 amide bonds. The summed E-state index contributed by atoms with van der Waals surface area (Å²) < 4.78 is 20.3. The predicted octanol–water partition coefficient (Wildman–Crippen LogP) is 3.35. The first-order valence-electron chi connectivity index (χ1n) is 6.88. The molecule has 0 bridgehead atoms. The molecule has 0 saturated carbocycles. The average Bonchev–Trinajstić information content (AvgIpc) is 3.04. The summed E-state index contributed by atoms with van der Waals surface area (Å²) in [6.45, 7) is 0.176. The van der Waals surface area contributed by atoms with Crippen LogP contribution in [0.3, 0.4) is 0 Å². The molecule has 0 spiro atoms. The standard InChI is InChI=1S/C15H13FN4O2S2/c1-22-14(21)8-3-4-10(16)9(5-8)6-17-12-11-13(19-7-18-12)20-15(23-2)24-11/h3-5,7H,6H2,1-2H3,(H,17,18,19). The van der Waals surface area contributed by atoms with Crippen LogP contribution in [0, 0.1) is 5.82 Å². The molecule has 0 aliphatic rings. The van der Waals surface area contributed by atoms with E-state index in [0.717, 1.165) is 9.04 Å². The molecule has 0 unspecified atom stereocenters. The molecule has 1 N–H and O–H groups in total. The van der Waals surface area contributed by atoms with Gasteiger partial charge < -0.3 is 10.1 Å². The van der Waals surface area contributed by atoms with Crippen molar-refractivity contribution in [3.63, 3.8) is 0 Å². The molecular weight excluding hydrogens is 351 g/mol. The lowest BCUT2D eigenvalue weighted by Crippen LogP contribution is -2.07. The maximum absolute atomic E-state index is 14.0. The van der Waals surface area contributed by atoms with Crippen molar-refractivity contribution >= 4 is 45.2 Å². The van der Waals surface area contributed by atoms with Crippen molar-refractivity contribution in [1.29, 1.82) is 0 Å². The summed E-state index contributed by atoms with van der Waals surface area (Å²) in [5.74, 6) is -0.331. The number of halogens is 1. The molecule has 0 saturated heterocycles. The summed E-state index contributed by atoms with van der Waals surface area (Å²) in [6.07, 6.45) is 3.35. The van der Waals surface area contributed by atoms with E-state index in [4.69, 9.17) is 0 Å². The molecule has 1 aromatic carbocycles. The minimum atomic E-state index is -0.507. The number of carbonyl (C=O) groups excluding carboxylic acids is 1. The molecule has 0 fully saturated rings. The van der Waals surface area contributed by atoms with Crippen molar-refractivity contribution in [2.45, 2.75) is 10.9 Å². The number of nitrogens with zero attached hydrogens (tertiary/aromatic N) is 3. The molecule has 24 heavy (non-hydrogen) atoms. The zero-order chi connectivity index (χ0) is 17.1. The molecule has 0 aliphatic carbocycles. The molecular formula is C15H13FN4O2S2. The van der Waals surface area contributed by atoms with Crippen LogP contribution in [0.25, 0.3) is 10.3 Å². The van der Waals surface area contributed by atoms with Crippen molar-refractivity contribution in [2.75, 3.05) is 18.7 Å². The van der Waals surface area contributed by atoms with Crippen LogP contribution >= 0.6 is 23.1 Å². The van der Waals surface area contributed by atoms with Crippen molar-refractivity contribution < 1.29 is 13.9 Å². The first-order chi connectivity index (χ1) is 11.6. The highest BCUT2D eigenvalue weighted by Gasteiger charge is 2.13. The minimum Gasteiger partial charge on any atom is -0.465 e. The summed E-state index contributed by atoms with van der Waals surface area (Å²) in [5.41, 5.74) is 1.25. The molecule has 2 aromatic heterocycles. The van der Waals surface area contributed by atoms with Crippen LogP contribution in [0.15, 0.2) is 28.9 Å². The first kappa shape index (κ1) is 16.6. The van der Waals surface area contributed by atoms with Gasteiger partial charge in [-0.05, 0) is 24.5 Å². The Bertz CT molecular complexity index is 900. The largest absolute Gasteiger partial charge is 0.465 e. The minimum absolute atomic E-state index is 0.176. The fraction of sp³-hybridized carbons (Fsp3) is 0.200. The quantitative estimate of drug-likeness (QED) is 0.549. The second kappa shape index (κ2) is 7.10. The Morgan fingerprint density at radius 1 is 1.42 bits per heavy atom. The Hall–Kier alpha value is -2.26. The monoisotopic (exact) mass is 364 g/mol. The van der Waals surface area contributed by atoms with E-state index < -0.39 is 11.8 Å². The fourth-order valence-corrected chi connectivity index (χ4v) is 3.56. The average molecular weight is 364 g/mol. The lowest BCUT2D eigenvalue weighted by atomic mass is 10.1. The molecule has 2 heterocycles. The number of ether oxygens (including phenoxy) is 1. The van der Waals surface area contributed by atoms with Crippen LogP contribution in [-0.2, 0) is 11.3 Å². The number of hydrogen-bond donors (Lipinski definition) is 1. The number of rotatable bonds is 5. The number of nitrogens with one attached hydrogen (secondary N) is 1. The Labute approximate surface area is 145 Å². The Morgan fingerprint density at radius 3 is 3.00 bits per heavy atom. The highest BCUT2D eigenvalue weighted by Crippen LogP contribution is 2.31. The van der Waals surface area contributed by atoms with E-state index in [0.29, 0.717) is 22.6 Å². The van der Waals surface area contributed by atoms with E-state index in [1.165, 1.54) is 54.7 Å². The van der Waals surface area contributed by atoms with E-state index in [9.17, 15) is 9.18 Å². The zero-order valence-electron chi connectivity index (χ0n) is 12.9. The molecule has 3 aromatic rings. The number of thioether (sulfide) groups is 1. The molecule has 6 nitrogen and oxygen atoms in total.